The SMILES string of the molecule is CCCC(CBr)Cn1c2ccccc2c2ccccc21. The molecule has 1 unspecified atom stereocenters. The zero-order chi connectivity index (χ0) is 13.9. The van der Waals surface area contributed by atoms with Crippen LogP contribution in [0.4, 0.5) is 0 Å². The molecule has 0 aliphatic carbocycles. The summed E-state index contributed by atoms with van der Waals surface area (Å²) < 4.78 is 2.49. The van der Waals surface area contributed by atoms with Gasteiger partial charge in [0.1, 0.15) is 0 Å². The van der Waals surface area contributed by atoms with Gasteiger partial charge in [-0.1, -0.05) is 65.7 Å². The number of hydrogen-bond donors (Lipinski definition) is 0. The van der Waals surface area contributed by atoms with Gasteiger partial charge in [-0.25, -0.2) is 0 Å². The summed E-state index contributed by atoms with van der Waals surface area (Å²) in [5.74, 6) is 0.694. The molecule has 1 heterocycles. The maximum atomic E-state index is 3.68. The van der Waals surface area contributed by atoms with Crippen LogP contribution in [0.5, 0.6) is 0 Å². The van der Waals surface area contributed by atoms with Crippen molar-refractivity contribution in [3.63, 3.8) is 0 Å². The summed E-state index contributed by atoms with van der Waals surface area (Å²) in [6.45, 7) is 3.36. The predicted molar refractivity (Wildman–Crippen MR) is 91.6 cm³/mol. The Hall–Kier alpha value is -1.28. The highest BCUT2D eigenvalue weighted by atomic mass is 79.9. The minimum absolute atomic E-state index is 0.694. The van der Waals surface area contributed by atoms with Gasteiger partial charge in [0.05, 0.1) is 0 Å². The molecule has 0 N–H and O–H groups in total. The summed E-state index contributed by atoms with van der Waals surface area (Å²) in [6, 6.07) is 17.5. The number of nitrogens with zero attached hydrogens (tertiary/aromatic N) is 1. The minimum Gasteiger partial charge on any atom is -0.340 e. The Morgan fingerprint density at radius 2 is 1.50 bits per heavy atom. The van der Waals surface area contributed by atoms with Crippen molar-refractivity contribution in [3.8, 4) is 0 Å². The number of hydrogen-bond acceptors (Lipinski definition) is 0. The Morgan fingerprint density at radius 1 is 0.950 bits per heavy atom. The van der Waals surface area contributed by atoms with E-state index in [0.29, 0.717) is 5.92 Å². The zero-order valence-corrected chi connectivity index (χ0v) is 13.4. The van der Waals surface area contributed by atoms with E-state index in [1.165, 1.54) is 34.6 Å². The summed E-state index contributed by atoms with van der Waals surface area (Å²) >= 11 is 3.68. The van der Waals surface area contributed by atoms with E-state index in [9.17, 15) is 0 Å². The Kier molecular flexibility index (Phi) is 4.11. The third-order valence-corrected chi connectivity index (χ3v) is 4.95. The summed E-state index contributed by atoms with van der Waals surface area (Å²) in [5, 5.41) is 3.81. The van der Waals surface area contributed by atoms with Gasteiger partial charge in [-0.05, 0) is 24.5 Å². The fraction of sp³-hybridized carbons (Fsp3) is 0.333. The molecule has 2 aromatic carbocycles. The first-order valence-electron chi connectivity index (χ1n) is 7.37. The average Bonchev–Trinajstić information content (AvgIpc) is 2.82. The van der Waals surface area contributed by atoms with Crippen LogP contribution in [-0.4, -0.2) is 9.90 Å². The lowest BCUT2D eigenvalue weighted by Gasteiger charge is -2.16. The summed E-state index contributed by atoms with van der Waals surface area (Å²) in [6.07, 6.45) is 2.51. The fourth-order valence-corrected chi connectivity index (χ4v) is 3.61. The van der Waals surface area contributed by atoms with Crippen molar-refractivity contribution < 1.29 is 0 Å². The van der Waals surface area contributed by atoms with Gasteiger partial charge < -0.3 is 4.57 Å². The van der Waals surface area contributed by atoms with Crippen molar-refractivity contribution >= 4 is 37.7 Å². The molecule has 0 bridgehead atoms. The number of fused-ring (bicyclic) bond motifs is 3. The van der Waals surface area contributed by atoms with E-state index in [1.807, 2.05) is 0 Å². The monoisotopic (exact) mass is 329 g/mol. The molecule has 0 saturated heterocycles. The van der Waals surface area contributed by atoms with Crippen LogP contribution in [-0.2, 0) is 6.54 Å². The van der Waals surface area contributed by atoms with Crippen LogP contribution in [0.1, 0.15) is 19.8 Å². The molecule has 1 nitrogen and oxygen atoms in total. The highest BCUT2D eigenvalue weighted by Gasteiger charge is 2.13. The third kappa shape index (κ3) is 2.37. The second-order valence-corrected chi connectivity index (χ2v) is 6.10. The summed E-state index contributed by atoms with van der Waals surface area (Å²) in [4.78, 5) is 0. The van der Waals surface area contributed by atoms with Gasteiger partial charge in [0.25, 0.3) is 0 Å². The van der Waals surface area contributed by atoms with Crippen LogP contribution in [0.15, 0.2) is 48.5 Å². The van der Waals surface area contributed by atoms with E-state index < -0.39 is 0 Å². The average molecular weight is 330 g/mol. The normalized spacial score (nSPS) is 13.1. The van der Waals surface area contributed by atoms with Gasteiger partial charge in [0.2, 0.25) is 0 Å². The Bertz CT molecular complexity index is 660. The number of alkyl halides is 1. The second-order valence-electron chi connectivity index (χ2n) is 5.45. The third-order valence-electron chi connectivity index (χ3n) is 4.04. The van der Waals surface area contributed by atoms with Gasteiger partial charge >= 0.3 is 0 Å². The van der Waals surface area contributed by atoms with E-state index in [2.05, 4.69) is 76.0 Å². The first-order chi connectivity index (χ1) is 9.85. The number of benzene rings is 2. The number of halogens is 1. The summed E-state index contributed by atoms with van der Waals surface area (Å²) in [7, 11) is 0. The van der Waals surface area contributed by atoms with Gasteiger partial charge in [-0.15, -0.1) is 0 Å². The molecule has 0 radical (unpaired) electrons. The topological polar surface area (TPSA) is 4.93 Å². The molecule has 20 heavy (non-hydrogen) atoms. The summed E-state index contributed by atoms with van der Waals surface area (Å²) in [5.41, 5.74) is 2.71. The molecule has 0 aliphatic heterocycles. The zero-order valence-electron chi connectivity index (χ0n) is 11.8. The van der Waals surface area contributed by atoms with Crippen LogP contribution in [0, 0.1) is 5.92 Å². The lowest BCUT2D eigenvalue weighted by molar-refractivity contribution is 0.469. The lowest BCUT2D eigenvalue weighted by Crippen LogP contribution is -2.11. The molecule has 3 aromatic rings. The molecule has 3 rings (SSSR count). The molecule has 1 aromatic heterocycles. The van der Waals surface area contributed by atoms with Crippen molar-refractivity contribution in [3.05, 3.63) is 48.5 Å². The highest BCUT2D eigenvalue weighted by molar-refractivity contribution is 9.09. The maximum Gasteiger partial charge on any atom is 0.0491 e. The van der Waals surface area contributed by atoms with Crippen LogP contribution in [0.3, 0.4) is 0 Å². The molecule has 0 aliphatic rings. The lowest BCUT2D eigenvalue weighted by atomic mass is 10.1. The molecular weight excluding hydrogens is 310 g/mol. The molecule has 0 fully saturated rings. The van der Waals surface area contributed by atoms with E-state index in [1.54, 1.807) is 0 Å². The number of aromatic nitrogens is 1. The van der Waals surface area contributed by atoms with Crippen LogP contribution in [0.25, 0.3) is 21.8 Å². The Balaban J connectivity index is 2.16. The van der Waals surface area contributed by atoms with Gasteiger partial charge in [-0.2, -0.15) is 0 Å². The number of para-hydroxylation sites is 2. The molecule has 0 amide bonds. The minimum atomic E-state index is 0.694. The van der Waals surface area contributed by atoms with Gasteiger partial charge in [0.15, 0.2) is 0 Å². The molecule has 2 heteroatoms. The van der Waals surface area contributed by atoms with Crippen molar-refractivity contribution in [2.45, 2.75) is 26.3 Å². The molecule has 0 spiro atoms. The van der Waals surface area contributed by atoms with E-state index in [-0.39, 0.29) is 0 Å². The quantitative estimate of drug-likeness (QED) is 0.536. The standard InChI is InChI=1S/C18H20BrN/c1-2-7-14(12-19)13-20-17-10-5-3-8-15(17)16-9-4-6-11-18(16)20/h3-6,8-11,14H,2,7,12-13H2,1H3. The van der Waals surface area contributed by atoms with E-state index in [0.717, 1.165) is 11.9 Å². The van der Waals surface area contributed by atoms with E-state index in [4.69, 9.17) is 0 Å². The van der Waals surface area contributed by atoms with Crippen LogP contribution in [0.2, 0.25) is 0 Å². The van der Waals surface area contributed by atoms with Gasteiger partial charge in [0, 0.05) is 33.7 Å². The van der Waals surface area contributed by atoms with Crippen molar-refractivity contribution in [2.24, 2.45) is 5.92 Å². The van der Waals surface area contributed by atoms with Crippen molar-refractivity contribution in [1.82, 2.24) is 4.57 Å². The molecular formula is C18H20BrN. The van der Waals surface area contributed by atoms with E-state index >= 15 is 0 Å². The Labute approximate surface area is 128 Å². The number of rotatable bonds is 5. The molecule has 1 atom stereocenters. The molecule has 0 saturated carbocycles. The van der Waals surface area contributed by atoms with Crippen LogP contribution >= 0.6 is 15.9 Å². The Morgan fingerprint density at radius 3 is 2.00 bits per heavy atom. The van der Waals surface area contributed by atoms with Crippen molar-refractivity contribution in [1.29, 1.82) is 0 Å². The van der Waals surface area contributed by atoms with Crippen LogP contribution < -0.4 is 0 Å². The maximum absolute atomic E-state index is 3.68. The van der Waals surface area contributed by atoms with Crippen molar-refractivity contribution in [2.75, 3.05) is 5.33 Å². The fourth-order valence-electron chi connectivity index (χ4n) is 3.08. The first kappa shape index (κ1) is 13.7. The first-order valence-corrected chi connectivity index (χ1v) is 8.49. The van der Waals surface area contributed by atoms with Gasteiger partial charge in [-0.3, -0.25) is 0 Å². The highest BCUT2D eigenvalue weighted by Crippen LogP contribution is 2.30. The second kappa shape index (κ2) is 6.01. The largest absolute Gasteiger partial charge is 0.340 e. The molecule has 104 valence electrons. The smallest absolute Gasteiger partial charge is 0.0491 e. The predicted octanol–water partition coefficient (Wildman–Crippen LogP) is 5.61.